The van der Waals surface area contributed by atoms with E-state index in [4.69, 9.17) is 0 Å². The van der Waals surface area contributed by atoms with E-state index < -0.39 is 0 Å². The lowest BCUT2D eigenvalue weighted by molar-refractivity contribution is 0.0773. The quantitative estimate of drug-likeness (QED) is 0.789. The van der Waals surface area contributed by atoms with Gasteiger partial charge in [0.25, 0.3) is 0 Å². The van der Waals surface area contributed by atoms with Crippen molar-refractivity contribution in [2.24, 2.45) is 5.92 Å². The molecule has 2 fully saturated rings. The first kappa shape index (κ1) is 13.4. The van der Waals surface area contributed by atoms with Crippen molar-refractivity contribution >= 4 is 0 Å². The van der Waals surface area contributed by atoms with Crippen molar-refractivity contribution in [1.29, 1.82) is 0 Å². The van der Waals surface area contributed by atoms with Crippen LogP contribution in [0.5, 0.6) is 0 Å². The highest BCUT2D eigenvalue weighted by molar-refractivity contribution is 4.95. The molecule has 2 nitrogen and oxygen atoms in total. The normalized spacial score (nSPS) is 36.0. The molecule has 2 atom stereocenters. The third-order valence-electron chi connectivity index (χ3n) is 4.94. The maximum atomic E-state index is 9.82. The Balaban J connectivity index is 1.92. The molecule has 0 aliphatic heterocycles. The molecule has 0 aromatic rings. The summed E-state index contributed by atoms with van der Waals surface area (Å²) in [6.07, 6.45) is 13.1. The van der Waals surface area contributed by atoms with E-state index in [1.165, 1.54) is 64.2 Å². The Morgan fingerprint density at radius 1 is 1.12 bits per heavy atom. The summed E-state index contributed by atoms with van der Waals surface area (Å²) in [7, 11) is 0. The lowest BCUT2D eigenvalue weighted by Gasteiger charge is -2.43. The van der Waals surface area contributed by atoms with Crippen LogP contribution in [-0.4, -0.2) is 23.3 Å². The molecule has 2 N–H and O–H groups in total. The summed E-state index contributed by atoms with van der Waals surface area (Å²) in [5.41, 5.74) is 0.0565. The van der Waals surface area contributed by atoms with E-state index in [0.29, 0.717) is 12.6 Å². The minimum Gasteiger partial charge on any atom is -0.394 e. The molecule has 2 aliphatic carbocycles. The van der Waals surface area contributed by atoms with Gasteiger partial charge in [0.15, 0.2) is 0 Å². The molecule has 0 saturated heterocycles. The van der Waals surface area contributed by atoms with Crippen molar-refractivity contribution in [3.63, 3.8) is 0 Å². The van der Waals surface area contributed by atoms with E-state index in [1.807, 2.05) is 0 Å². The smallest absolute Gasteiger partial charge is 0.0613 e. The Morgan fingerprint density at radius 3 is 2.53 bits per heavy atom. The average Bonchev–Trinajstić information content (AvgIpc) is 2.40. The predicted octanol–water partition coefficient (Wildman–Crippen LogP) is 3.24. The second-order valence-corrected chi connectivity index (χ2v) is 6.29. The van der Waals surface area contributed by atoms with Gasteiger partial charge >= 0.3 is 0 Å². The molecular weight excluding hydrogens is 210 g/mol. The van der Waals surface area contributed by atoms with Gasteiger partial charge in [-0.1, -0.05) is 45.4 Å². The molecule has 2 heteroatoms. The third kappa shape index (κ3) is 3.45. The number of aliphatic hydroxyl groups excluding tert-OH is 1. The van der Waals surface area contributed by atoms with Crippen LogP contribution in [0.1, 0.15) is 71.1 Å². The second kappa shape index (κ2) is 6.19. The van der Waals surface area contributed by atoms with E-state index >= 15 is 0 Å². The summed E-state index contributed by atoms with van der Waals surface area (Å²) in [5.74, 6) is 0.826. The fourth-order valence-electron chi connectivity index (χ4n) is 3.83. The van der Waals surface area contributed by atoms with E-state index in [1.54, 1.807) is 0 Å². The van der Waals surface area contributed by atoms with Crippen molar-refractivity contribution in [3.8, 4) is 0 Å². The minimum absolute atomic E-state index is 0.0565. The van der Waals surface area contributed by atoms with E-state index in [-0.39, 0.29) is 5.54 Å². The summed E-state index contributed by atoms with van der Waals surface area (Å²) < 4.78 is 0. The lowest BCUT2D eigenvalue weighted by Crippen LogP contribution is -2.55. The van der Waals surface area contributed by atoms with Crippen molar-refractivity contribution < 1.29 is 5.11 Å². The van der Waals surface area contributed by atoms with Crippen LogP contribution in [-0.2, 0) is 0 Å². The Hall–Kier alpha value is -0.0800. The molecule has 2 aliphatic rings. The Morgan fingerprint density at radius 2 is 1.88 bits per heavy atom. The van der Waals surface area contributed by atoms with Crippen molar-refractivity contribution in [2.75, 3.05) is 6.61 Å². The highest BCUT2D eigenvalue weighted by atomic mass is 16.3. The number of nitrogens with one attached hydrogen (secondary N) is 1. The lowest BCUT2D eigenvalue weighted by atomic mass is 9.74. The Bertz CT molecular complexity index is 225. The molecule has 0 aromatic heterocycles. The zero-order valence-corrected chi connectivity index (χ0v) is 11.4. The highest BCUT2D eigenvalue weighted by Crippen LogP contribution is 2.35. The van der Waals surface area contributed by atoms with Gasteiger partial charge < -0.3 is 10.4 Å². The molecule has 2 rings (SSSR count). The summed E-state index contributed by atoms with van der Waals surface area (Å²) in [4.78, 5) is 0. The van der Waals surface area contributed by atoms with E-state index in [0.717, 1.165) is 5.92 Å². The van der Waals surface area contributed by atoms with Gasteiger partial charge in [0.05, 0.1) is 6.61 Å². The highest BCUT2D eigenvalue weighted by Gasteiger charge is 2.36. The molecule has 0 bridgehead atoms. The Labute approximate surface area is 106 Å². The van der Waals surface area contributed by atoms with Gasteiger partial charge in [-0.15, -0.1) is 0 Å². The van der Waals surface area contributed by atoms with Crippen LogP contribution in [0, 0.1) is 5.92 Å². The number of hydrogen-bond acceptors (Lipinski definition) is 2. The molecule has 0 aromatic carbocycles. The number of rotatable bonds is 4. The maximum Gasteiger partial charge on any atom is 0.0613 e. The number of aliphatic hydroxyl groups is 1. The molecule has 2 unspecified atom stereocenters. The van der Waals surface area contributed by atoms with Gasteiger partial charge in [0.1, 0.15) is 0 Å². The summed E-state index contributed by atoms with van der Waals surface area (Å²) in [5, 5.41) is 13.7. The average molecular weight is 239 g/mol. The topological polar surface area (TPSA) is 32.3 Å². The fraction of sp³-hybridized carbons (Fsp3) is 1.00. The molecule has 0 heterocycles. The molecule has 0 radical (unpaired) electrons. The van der Waals surface area contributed by atoms with E-state index in [2.05, 4.69) is 12.2 Å². The van der Waals surface area contributed by atoms with Crippen LogP contribution in [0.3, 0.4) is 0 Å². The summed E-state index contributed by atoms with van der Waals surface area (Å²) in [6.45, 7) is 2.62. The Kier molecular flexibility index (Phi) is 4.87. The molecule has 100 valence electrons. The van der Waals surface area contributed by atoms with Gasteiger partial charge in [0.2, 0.25) is 0 Å². The molecular formula is C15H29NO. The predicted molar refractivity (Wildman–Crippen MR) is 72.1 cm³/mol. The SMILES string of the molecule is CCC1CCCC(CO)(NC2CCCCC2)C1. The van der Waals surface area contributed by atoms with Crippen molar-refractivity contribution in [3.05, 3.63) is 0 Å². The largest absolute Gasteiger partial charge is 0.394 e. The van der Waals surface area contributed by atoms with Crippen molar-refractivity contribution in [2.45, 2.75) is 82.7 Å². The van der Waals surface area contributed by atoms with Gasteiger partial charge in [0, 0.05) is 11.6 Å². The van der Waals surface area contributed by atoms with Crippen LogP contribution in [0.4, 0.5) is 0 Å². The summed E-state index contributed by atoms with van der Waals surface area (Å²) >= 11 is 0. The number of hydrogen-bond donors (Lipinski definition) is 2. The van der Waals surface area contributed by atoms with Crippen LogP contribution >= 0.6 is 0 Å². The van der Waals surface area contributed by atoms with Gasteiger partial charge in [-0.25, -0.2) is 0 Å². The van der Waals surface area contributed by atoms with Crippen LogP contribution < -0.4 is 5.32 Å². The monoisotopic (exact) mass is 239 g/mol. The van der Waals surface area contributed by atoms with Crippen LogP contribution in [0.2, 0.25) is 0 Å². The molecule has 0 spiro atoms. The minimum atomic E-state index is 0.0565. The van der Waals surface area contributed by atoms with Crippen LogP contribution in [0.15, 0.2) is 0 Å². The molecule has 2 saturated carbocycles. The third-order valence-corrected chi connectivity index (χ3v) is 4.94. The second-order valence-electron chi connectivity index (χ2n) is 6.29. The zero-order valence-electron chi connectivity index (χ0n) is 11.4. The maximum absolute atomic E-state index is 9.82. The molecule has 17 heavy (non-hydrogen) atoms. The first-order valence-corrected chi connectivity index (χ1v) is 7.66. The standard InChI is InChI=1S/C15H29NO/c1-2-13-7-6-10-15(11-13,12-17)16-14-8-4-3-5-9-14/h13-14,16-17H,2-12H2,1H3. The first-order valence-electron chi connectivity index (χ1n) is 7.66. The van der Waals surface area contributed by atoms with Crippen molar-refractivity contribution in [1.82, 2.24) is 5.32 Å². The van der Waals surface area contributed by atoms with Gasteiger partial charge in [-0.3, -0.25) is 0 Å². The van der Waals surface area contributed by atoms with Gasteiger partial charge in [-0.05, 0) is 31.6 Å². The van der Waals surface area contributed by atoms with Gasteiger partial charge in [-0.2, -0.15) is 0 Å². The summed E-state index contributed by atoms with van der Waals surface area (Å²) in [6, 6.07) is 0.673. The van der Waals surface area contributed by atoms with E-state index in [9.17, 15) is 5.11 Å². The zero-order chi connectivity index (χ0) is 12.1. The molecule has 0 amide bonds. The fourth-order valence-corrected chi connectivity index (χ4v) is 3.83. The first-order chi connectivity index (χ1) is 8.28. The van der Waals surface area contributed by atoms with Crippen LogP contribution in [0.25, 0.3) is 0 Å².